The summed E-state index contributed by atoms with van der Waals surface area (Å²) in [7, 11) is 0. The smallest absolute Gasteiger partial charge is 0.155 e. The highest BCUT2D eigenvalue weighted by Gasteiger charge is 2.08. The van der Waals surface area contributed by atoms with Gasteiger partial charge in [0, 0.05) is 18.4 Å². The van der Waals surface area contributed by atoms with E-state index < -0.39 is 0 Å². The van der Waals surface area contributed by atoms with Crippen molar-refractivity contribution in [2.75, 3.05) is 0 Å². The van der Waals surface area contributed by atoms with Crippen LogP contribution in [0, 0.1) is 6.92 Å². The van der Waals surface area contributed by atoms with E-state index in [1.54, 1.807) is 0 Å². The molecule has 1 aromatic rings. The van der Waals surface area contributed by atoms with Crippen LogP contribution in [0.25, 0.3) is 0 Å². The topological polar surface area (TPSA) is 42.9 Å². The van der Waals surface area contributed by atoms with Crippen LogP contribution in [-0.2, 0) is 11.2 Å². The largest absolute Gasteiger partial charge is 0.299 e. The third kappa shape index (κ3) is 3.07. The number of rotatable bonds is 4. The first-order valence-electron chi connectivity index (χ1n) is 4.64. The first-order valence-corrected chi connectivity index (χ1v) is 5.01. The van der Waals surface area contributed by atoms with Gasteiger partial charge in [-0.2, -0.15) is 5.10 Å². The summed E-state index contributed by atoms with van der Waals surface area (Å²) >= 11 is 5.81. The second-order valence-electron chi connectivity index (χ2n) is 3.27. The lowest BCUT2D eigenvalue weighted by atomic mass is 10.1. The molecule has 1 aromatic heterocycles. The number of carbonyl (C=O) groups excluding carboxylic acids is 1. The van der Waals surface area contributed by atoms with E-state index >= 15 is 0 Å². The fourth-order valence-corrected chi connectivity index (χ4v) is 1.39. The van der Waals surface area contributed by atoms with Crippen LogP contribution in [-0.4, -0.2) is 16.0 Å². The van der Waals surface area contributed by atoms with Gasteiger partial charge in [-0.3, -0.25) is 4.79 Å². The quantitative estimate of drug-likeness (QED) is 0.770. The van der Waals surface area contributed by atoms with Gasteiger partial charge >= 0.3 is 0 Å². The molecule has 0 spiro atoms. The number of carbonyl (C=O) groups is 1. The van der Waals surface area contributed by atoms with E-state index in [0.29, 0.717) is 18.0 Å². The Labute approximate surface area is 88.5 Å². The molecule has 3 nitrogen and oxygen atoms in total. The van der Waals surface area contributed by atoms with Crippen molar-refractivity contribution < 1.29 is 4.79 Å². The van der Waals surface area contributed by atoms with E-state index in [0.717, 1.165) is 17.7 Å². The van der Waals surface area contributed by atoms with Gasteiger partial charge in [-0.15, -0.1) is 5.10 Å². The van der Waals surface area contributed by atoms with E-state index in [2.05, 4.69) is 10.2 Å². The van der Waals surface area contributed by atoms with Crippen molar-refractivity contribution in [3.63, 3.8) is 0 Å². The third-order valence-electron chi connectivity index (χ3n) is 1.86. The van der Waals surface area contributed by atoms with Gasteiger partial charge in [0.25, 0.3) is 0 Å². The monoisotopic (exact) mass is 212 g/mol. The van der Waals surface area contributed by atoms with Gasteiger partial charge < -0.3 is 0 Å². The molecular formula is C10H13ClN2O. The average molecular weight is 213 g/mol. The van der Waals surface area contributed by atoms with Crippen molar-refractivity contribution in [1.29, 1.82) is 0 Å². The number of halogens is 1. The molecule has 0 aromatic carbocycles. The van der Waals surface area contributed by atoms with Crippen LogP contribution in [0.2, 0.25) is 5.15 Å². The maximum atomic E-state index is 11.4. The third-order valence-corrected chi connectivity index (χ3v) is 2.18. The van der Waals surface area contributed by atoms with Crippen LogP contribution < -0.4 is 0 Å². The minimum atomic E-state index is 0.196. The summed E-state index contributed by atoms with van der Waals surface area (Å²) in [6, 6.07) is 1.81. The predicted molar refractivity (Wildman–Crippen MR) is 55.4 cm³/mol. The number of nitrogens with zero attached hydrogens (tertiary/aromatic N) is 2. The number of hydrogen-bond donors (Lipinski definition) is 0. The summed E-state index contributed by atoms with van der Waals surface area (Å²) < 4.78 is 0. The van der Waals surface area contributed by atoms with E-state index in [4.69, 9.17) is 11.6 Å². The predicted octanol–water partition coefficient (Wildman–Crippen LogP) is 2.35. The van der Waals surface area contributed by atoms with Crippen molar-refractivity contribution in [3.8, 4) is 0 Å². The molecule has 1 heterocycles. The zero-order valence-corrected chi connectivity index (χ0v) is 9.14. The summed E-state index contributed by atoms with van der Waals surface area (Å²) in [5.41, 5.74) is 1.56. The molecule has 4 heteroatoms. The highest BCUT2D eigenvalue weighted by atomic mass is 35.5. The second kappa shape index (κ2) is 5.05. The van der Waals surface area contributed by atoms with Crippen LogP contribution in [0.15, 0.2) is 6.07 Å². The Morgan fingerprint density at radius 2 is 2.21 bits per heavy atom. The SMILES string of the molecule is CCCC(=O)Cc1cc(C)nnc1Cl. The minimum Gasteiger partial charge on any atom is -0.299 e. The normalized spacial score (nSPS) is 10.2. The molecule has 0 radical (unpaired) electrons. The Hall–Kier alpha value is -0.960. The fourth-order valence-electron chi connectivity index (χ4n) is 1.23. The van der Waals surface area contributed by atoms with Crippen molar-refractivity contribution in [2.45, 2.75) is 33.1 Å². The lowest BCUT2D eigenvalue weighted by molar-refractivity contribution is -0.118. The molecular weight excluding hydrogens is 200 g/mol. The first kappa shape index (κ1) is 11.1. The zero-order chi connectivity index (χ0) is 10.6. The Balaban J connectivity index is 2.75. The first-order chi connectivity index (χ1) is 6.63. The molecule has 0 bridgehead atoms. The number of Topliss-reactive ketones (excluding diaryl/α,β-unsaturated/α-hetero) is 1. The van der Waals surface area contributed by atoms with E-state index in [-0.39, 0.29) is 5.78 Å². The average Bonchev–Trinajstić information content (AvgIpc) is 2.12. The van der Waals surface area contributed by atoms with E-state index in [1.165, 1.54) is 0 Å². The Bertz CT molecular complexity index is 339. The molecule has 0 aliphatic rings. The van der Waals surface area contributed by atoms with Gasteiger partial charge in [0.15, 0.2) is 5.15 Å². The van der Waals surface area contributed by atoms with Crippen LogP contribution in [0.1, 0.15) is 31.0 Å². The Kier molecular flexibility index (Phi) is 4.01. The summed E-state index contributed by atoms with van der Waals surface area (Å²) in [6.45, 7) is 3.81. The Morgan fingerprint density at radius 3 is 2.86 bits per heavy atom. The number of hydrogen-bond acceptors (Lipinski definition) is 3. The second-order valence-corrected chi connectivity index (χ2v) is 3.63. The van der Waals surface area contributed by atoms with Gasteiger partial charge in [-0.25, -0.2) is 0 Å². The fraction of sp³-hybridized carbons (Fsp3) is 0.500. The van der Waals surface area contributed by atoms with Crippen molar-refractivity contribution >= 4 is 17.4 Å². The molecule has 0 unspecified atom stereocenters. The van der Waals surface area contributed by atoms with Gasteiger partial charge in [0.1, 0.15) is 5.78 Å². The zero-order valence-electron chi connectivity index (χ0n) is 8.38. The van der Waals surface area contributed by atoms with Crippen LogP contribution in [0.4, 0.5) is 0 Å². The lowest BCUT2D eigenvalue weighted by Crippen LogP contribution is -2.04. The maximum Gasteiger partial charge on any atom is 0.155 e. The van der Waals surface area contributed by atoms with Crippen LogP contribution in [0.5, 0.6) is 0 Å². The summed E-state index contributed by atoms with van der Waals surface area (Å²) in [4.78, 5) is 11.4. The Morgan fingerprint density at radius 1 is 1.50 bits per heavy atom. The molecule has 76 valence electrons. The maximum absolute atomic E-state index is 11.4. The summed E-state index contributed by atoms with van der Waals surface area (Å²) in [6.07, 6.45) is 1.83. The molecule has 0 saturated carbocycles. The lowest BCUT2D eigenvalue weighted by Gasteiger charge is -2.02. The van der Waals surface area contributed by atoms with Crippen LogP contribution in [0.3, 0.4) is 0 Å². The van der Waals surface area contributed by atoms with Gasteiger partial charge in [-0.1, -0.05) is 18.5 Å². The summed E-state index contributed by atoms with van der Waals surface area (Å²) in [5.74, 6) is 0.196. The van der Waals surface area contributed by atoms with Crippen molar-refractivity contribution in [2.24, 2.45) is 0 Å². The standard InChI is InChI=1S/C10H13ClN2O/c1-3-4-9(14)6-8-5-7(2)12-13-10(8)11/h5H,3-4,6H2,1-2H3. The van der Waals surface area contributed by atoms with E-state index in [1.807, 2.05) is 19.9 Å². The highest BCUT2D eigenvalue weighted by molar-refractivity contribution is 6.30. The van der Waals surface area contributed by atoms with Crippen molar-refractivity contribution in [1.82, 2.24) is 10.2 Å². The molecule has 0 atom stereocenters. The number of aryl methyl sites for hydroxylation is 1. The summed E-state index contributed by atoms with van der Waals surface area (Å²) in [5, 5.41) is 7.89. The molecule has 14 heavy (non-hydrogen) atoms. The van der Waals surface area contributed by atoms with Crippen molar-refractivity contribution in [3.05, 3.63) is 22.5 Å². The molecule has 0 amide bonds. The van der Waals surface area contributed by atoms with Gasteiger partial charge in [0.2, 0.25) is 0 Å². The number of aromatic nitrogens is 2. The molecule has 0 N–H and O–H groups in total. The number of ketones is 1. The molecule has 1 rings (SSSR count). The minimum absolute atomic E-state index is 0.196. The van der Waals surface area contributed by atoms with Gasteiger partial charge in [-0.05, 0) is 19.4 Å². The molecule has 0 aliphatic heterocycles. The van der Waals surface area contributed by atoms with E-state index in [9.17, 15) is 4.79 Å². The van der Waals surface area contributed by atoms with Crippen LogP contribution >= 0.6 is 11.6 Å². The molecule has 0 saturated heterocycles. The molecule has 0 aliphatic carbocycles. The highest BCUT2D eigenvalue weighted by Crippen LogP contribution is 2.14. The van der Waals surface area contributed by atoms with Gasteiger partial charge in [0.05, 0.1) is 5.69 Å². The molecule has 0 fully saturated rings.